The van der Waals surface area contributed by atoms with Gasteiger partial charge in [-0.15, -0.1) is 0 Å². The average molecular weight is 756 g/mol. The molecule has 0 saturated carbocycles. The second-order valence-electron chi connectivity index (χ2n) is 14.6. The molecule has 0 heterocycles. The Morgan fingerprint density at radius 2 is 0.579 bits per heavy atom. The molecule has 6 aromatic carbocycles. The van der Waals surface area contributed by atoms with Gasteiger partial charge in [0.05, 0.1) is 0 Å². The van der Waals surface area contributed by atoms with Crippen molar-refractivity contribution >= 4 is 68.4 Å². The van der Waals surface area contributed by atoms with Crippen LogP contribution in [0.25, 0.3) is 5.57 Å². The average Bonchev–Trinajstić information content (AvgIpc) is 3.21. The van der Waals surface area contributed by atoms with Gasteiger partial charge in [0.25, 0.3) is 0 Å². The molecule has 9 nitrogen and oxygen atoms in total. The standard InChI is InChI=1S/C48H49N7O2/c1-50(2)36-17-25-42(26-18-36)54(43-27-19-37(20-28-43)51(3)4)40-13-9-34(10-14-40)47(46(33-49)48(56)57)35-11-15-41(16-12-35)55(44-29-21-38(22-30-44)52(5)6)45-31-23-39(24-32-45)53(7)8/h9-32H,1-8H3,(H,56,57). The van der Waals surface area contributed by atoms with Crippen LogP contribution < -0.4 is 29.4 Å². The summed E-state index contributed by atoms with van der Waals surface area (Å²) in [5.41, 5.74) is 11.2. The van der Waals surface area contributed by atoms with E-state index in [0.717, 1.165) is 56.9 Å². The van der Waals surface area contributed by atoms with Gasteiger partial charge in [0, 0.05) is 119 Å². The predicted molar refractivity (Wildman–Crippen MR) is 239 cm³/mol. The number of anilines is 10. The zero-order valence-corrected chi connectivity index (χ0v) is 33.8. The molecule has 0 unspecified atom stereocenters. The van der Waals surface area contributed by atoms with Gasteiger partial charge in [-0.2, -0.15) is 5.26 Å². The molecular weight excluding hydrogens is 707 g/mol. The Labute approximate surface area is 336 Å². The molecule has 0 spiro atoms. The summed E-state index contributed by atoms with van der Waals surface area (Å²) in [7, 11) is 16.1. The number of nitrogens with zero attached hydrogens (tertiary/aromatic N) is 7. The zero-order valence-electron chi connectivity index (χ0n) is 33.8. The van der Waals surface area contributed by atoms with Crippen LogP contribution in [0.1, 0.15) is 11.1 Å². The van der Waals surface area contributed by atoms with Crippen molar-refractivity contribution in [2.24, 2.45) is 0 Å². The SMILES string of the molecule is CN(C)c1ccc(N(c2ccc(C(=C(C#N)C(=O)O)c3ccc(N(c4ccc(N(C)C)cc4)c4ccc(N(C)C)cc4)cc3)cc2)c2ccc(N(C)C)cc2)cc1. The van der Waals surface area contributed by atoms with Crippen molar-refractivity contribution in [3.8, 4) is 6.07 Å². The minimum Gasteiger partial charge on any atom is -0.477 e. The molecule has 0 radical (unpaired) electrons. The maximum atomic E-state index is 12.6. The van der Waals surface area contributed by atoms with Crippen LogP contribution in [-0.4, -0.2) is 67.5 Å². The van der Waals surface area contributed by atoms with E-state index in [1.807, 2.05) is 111 Å². The Hall–Kier alpha value is -7.18. The second kappa shape index (κ2) is 17.1. The first-order valence-corrected chi connectivity index (χ1v) is 18.6. The smallest absolute Gasteiger partial charge is 0.347 e. The highest BCUT2D eigenvalue weighted by Gasteiger charge is 2.21. The van der Waals surface area contributed by atoms with Crippen LogP contribution in [-0.2, 0) is 4.79 Å². The molecule has 1 N–H and O–H groups in total. The highest BCUT2D eigenvalue weighted by molar-refractivity contribution is 6.04. The Morgan fingerprint density at radius 3 is 0.754 bits per heavy atom. The van der Waals surface area contributed by atoms with Crippen LogP contribution in [0, 0.1) is 11.3 Å². The third kappa shape index (κ3) is 8.71. The maximum Gasteiger partial charge on any atom is 0.347 e. The molecule has 0 aliphatic heterocycles. The van der Waals surface area contributed by atoms with E-state index < -0.39 is 5.97 Å². The number of hydrogen-bond acceptors (Lipinski definition) is 8. The quantitative estimate of drug-likeness (QED) is 0.0915. The molecule has 0 atom stereocenters. The molecule has 288 valence electrons. The van der Waals surface area contributed by atoms with Gasteiger partial charge in [-0.05, 0) is 132 Å². The lowest BCUT2D eigenvalue weighted by molar-refractivity contribution is -0.132. The summed E-state index contributed by atoms with van der Waals surface area (Å²) < 4.78 is 0. The molecule has 0 bridgehead atoms. The number of carbonyl (C=O) groups is 1. The van der Waals surface area contributed by atoms with Crippen molar-refractivity contribution in [1.29, 1.82) is 5.26 Å². The lowest BCUT2D eigenvalue weighted by Crippen LogP contribution is -2.13. The van der Waals surface area contributed by atoms with Crippen LogP contribution >= 0.6 is 0 Å². The van der Waals surface area contributed by atoms with Crippen LogP contribution in [0.15, 0.2) is 151 Å². The van der Waals surface area contributed by atoms with Gasteiger partial charge in [-0.3, -0.25) is 0 Å². The van der Waals surface area contributed by atoms with Gasteiger partial charge in [-0.1, -0.05) is 24.3 Å². The largest absolute Gasteiger partial charge is 0.477 e. The number of carboxylic acids is 1. The summed E-state index contributed by atoms with van der Waals surface area (Å²) >= 11 is 0. The summed E-state index contributed by atoms with van der Waals surface area (Å²) in [5.74, 6) is -1.28. The van der Waals surface area contributed by atoms with Gasteiger partial charge in [0.15, 0.2) is 0 Å². The predicted octanol–water partition coefficient (Wildman–Crippen LogP) is 10.3. The van der Waals surface area contributed by atoms with Gasteiger partial charge in [0.1, 0.15) is 11.6 Å². The van der Waals surface area contributed by atoms with E-state index in [9.17, 15) is 15.2 Å². The summed E-state index contributed by atoms with van der Waals surface area (Å²) in [6.45, 7) is 0. The fourth-order valence-corrected chi connectivity index (χ4v) is 6.71. The first kappa shape index (κ1) is 39.5. The lowest BCUT2D eigenvalue weighted by atomic mass is 9.92. The summed E-state index contributed by atoms with van der Waals surface area (Å²) in [6, 6.07) is 50.8. The van der Waals surface area contributed by atoms with E-state index in [0.29, 0.717) is 16.7 Å². The van der Waals surface area contributed by atoms with Crippen molar-refractivity contribution in [3.05, 3.63) is 162 Å². The molecule has 57 heavy (non-hydrogen) atoms. The number of carboxylic acid groups (broad SMARTS) is 1. The van der Waals surface area contributed by atoms with Crippen molar-refractivity contribution in [2.75, 3.05) is 85.8 Å². The zero-order chi connectivity index (χ0) is 40.8. The molecule has 9 heteroatoms. The number of benzene rings is 6. The van der Waals surface area contributed by atoms with Crippen LogP contribution in [0.5, 0.6) is 0 Å². The third-order valence-electron chi connectivity index (χ3n) is 9.90. The van der Waals surface area contributed by atoms with Crippen molar-refractivity contribution in [3.63, 3.8) is 0 Å². The minimum absolute atomic E-state index is 0.332. The van der Waals surface area contributed by atoms with Crippen LogP contribution in [0.4, 0.5) is 56.9 Å². The van der Waals surface area contributed by atoms with Gasteiger partial charge < -0.3 is 34.5 Å². The van der Waals surface area contributed by atoms with E-state index in [-0.39, 0.29) is 5.57 Å². The second-order valence-corrected chi connectivity index (χ2v) is 14.6. The first-order chi connectivity index (χ1) is 27.4. The monoisotopic (exact) mass is 755 g/mol. The fourth-order valence-electron chi connectivity index (χ4n) is 6.71. The van der Waals surface area contributed by atoms with Crippen molar-refractivity contribution in [2.45, 2.75) is 0 Å². The van der Waals surface area contributed by atoms with Crippen molar-refractivity contribution < 1.29 is 9.90 Å². The molecular formula is C48H49N7O2. The maximum absolute atomic E-state index is 12.6. The Balaban J connectivity index is 1.41. The molecule has 6 aromatic rings. The highest BCUT2D eigenvalue weighted by atomic mass is 16.4. The first-order valence-electron chi connectivity index (χ1n) is 18.6. The minimum atomic E-state index is -1.28. The summed E-state index contributed by atoms with van der Waals surface area (Å²) in [5, 5.41) is 20.5. The number of nitriles is 1. The van der Waals surface area contributed by atoms with E-state index in [4.69, 9.17) is 0 Å². The molecule has 0 amide bonds. The molecule has 6 rings (SSSR count). The van der Waals surface area contributed by atoms with Gasteiger partial charge in [0.2, 0.25) is 0 Å². The van der Waals surface area contributed by atoms with E-state index in [1.165, 1.54) is 0 Å². The Bertz CT molecular complexity index is 2100. The summed E-state index contributed by atoms with van der Waals surface area (Å²) in [6.07, 6.45) is 0. The molecule has 0 aliphatic rings. The van der Waals surface area contributed by atoms with Gasteiger partial charge in [-0.25, -0.2) is 4.79 Å². The third-order valence-corrected chi connectivity index (χ3v) is 9.90. The lowest BCUT2D eigenvalue weighted by Gasteiger charge is -2.27. The van der Waals surface area contributed by atoms with E-state index in [2.05, 4.69) is 126 Å². The molecule has 0 saturated heterocycles. The molecule has 0 fully saturated rings. The number of rotatable bonds is 13. The summed E-state index contributed by atoms with van der Waals surface area (Å²) in [4.78, 5) is 25.2. The number of hydrogen-bond donors (Lipinski definition) is 1. The molecule has 0 aliphatic carbocycles. The topological polar surface area (TPSA) is 80.5 Å². The van der Waals surface area contributed by atoms with E-state index >= 15 is 0 Å². The van der Waals surface area contributed by atoms with Crippen LogP contribution in [0.2, 0.25) is 0 Å². The normalized spacial score (nSPS) is 10.6. The molecule has 0 aromatic heterocycles. The Morgan fingerprint density at radius 1 is 0.386 bits per heavy atom. The Kier molecular flexibility index (Phi) is 11.8. The highest BCUT2D eigenvalue weighted by Crippen LogP contribution is 2.40. The number of aliphatic carboxylic acids is 1. The van der Waals surface area contributed by atoms with Crippen molar-refractivity contribution in [1.82, 2.24) is 0 Å². The van der Waals surface area contributed by atoms with Crippen LogP contribution in [0.3, 0.4) is 0 Å². The fraction of sp³-hybridized carbons (Fsp3) is 0.167. The van der Waals surface area contributed by atoms with Gasteiger partial charge >= 0.3 is 5.97 Å². The van der Waals surface area contributed by atoms with E-state index in [1.54, 1.807) is 0 Å².